The van der Waals surface area contributed by atoms with Crippen LogP contribution in [-0.4, -0.2) is 5.78 Å². The Morgan fingerprint density at radius 2 is 1.81 bits per heavy atom. The van der Waals surface area contributed by atoms with Gasteiger partial charge in [-0.15, -0.1) is 0 Å². The molecule has 0 amide bonds. The van der Waals surface area contributed by atoms with Crippen LogP contribution in [0.15, 0.2) is 46.6 Å². The van der Waals surface area contributed by atoms with E-state index in [1.54, 1.807) is 0 Å². The van der Waals surface area contributed by atoms with E-state index in [-0.39, 0.29) is 11.2 Å². The second kappa shape index (κ2) is 2.48. The zero-order valence-corrected chi connectivity index (χ0v) is 10.2. The monoisotopic (exact) mass is 212 g/mol. The van der Waals surface area contributed by atoms with E-state index in [0.717, 1.165) is 5.57 Å². The number of Topliss-reactive ketones (excluding diaryl/α,β-unsaturated/α-hetero) is 1. The number of carbonyl (C=O) groups is 1. The van der Waals surface area contributed by atoms with Crippen LogP contribution in [0.3, 0.4) is 0 Å². The Bertz CT molecular complexity index is 538. The van der Waals surface area contributed by atoms with Gasteiger partial charge in [-0.05, 0) is 25.5 Å². The van der Waals surface area contributed by atoms with Crippen molar-refractivity contribution >= 4 is 5.78 Å². The van der Waals surface area contributed by atoms with Crippen molar-refractivity contribution in [2.24, 2.45) is 10.8 Å². The molecule has 3 aliphatic rings. The minimum atomic E-state index is -0.419. The van der Waals surface area contributed by atoms with Gasteiger partial charge in [0.25, 0.3) is 0 Å². The van der Waals surface area contributed by atoms with E-state index in [1.165, 1.54) is 16.7 Å². The summed E-state index contributed by atoms with van der Waals surface area (Å²) in [6.45, 7) is 8.69. The Labute approximate surface area is 96.2 Å². The van der Waals surface area contributed by atoms with Crippen LogP contribution >= 0.6 is 0 Å². The third-order valence-electron chi connectivity index (χ3n) is 4.73. The first-order valence-corrected chi connectivity index (χ1v) is 5.78. The molecular formula is C15H16O. The van der Waals surface area contributed by atoms with Crippen molar-refractivity contribution in [1.82, 2.24) is 0 Å². The number of carbonyl (C=O) groups excluding carboxylic acids is 1. The molecule has 1 nitrogen and oxygen atoms in total. The number of rotatable bonds is 0. The summed E-state index contributed by atoms with van der Waals surface area (Å²) >= 11 is 0. The Hall–Kier alpha value is -1.37. The summed E-state index contributed by atoms with van der Waals surface area (Å²) in [5.41, 5.74) is 4.31. The van der Waals surface area contributed by atoms with E-state index in [9.17, 15) is 4.79 Å². The first kappa shape index (κ1) is 9.83. The van der Waals surface area contributed by atoms with Gasteiger partial charge in [0.15, 0.2) is 5.78 Å². The molecule has 0 aromatic carbocycles. The fourth-order valence-electron chi connectivity index (χ4n) is 3.41. The smallest absolute Gasteiger partial charge is 0.180 e. The lowest BCUT2D eigenvalue weighted by Crippen LogP contribution is -2.29. The van der Waals surface area contributed by atoms with E-state index >= 15 is 0 Å². The Balaban J connectivity index is 2.39. The molecule has 3 rings (SSSR count). The molecule has 3 aliphatic carbocycles. The molecule has 0 aromatic rings. The molecule has 1 spiro atoms. The Kier molecular flexibility index (Phi) is 1.52. The summed E-state index contributed by atoms with van der Waals surface area (Å²) < 4.78 is 0. The molecule has 0 aliphatic heterocycles. The van der Waals surface area contributed by atoms with Crippen molar-refractivity contribution < 1.29 is 4.79 Å². The van der Waals surface area contributed by atoms with Gasteiger partial charge in [-0.1, -0.05) is 43.2 Å². The van der Waals surface area contributed by atoms with Gasteiger partial charge in [-0.25, -0.2) is 0 Å². The summed E-state index contributed by atoms with van der Waals surface area (Å²) in [7, 11) is 0. The summed E-state index contributed by atoms with van der Waals surface area (Å²) in [6.07, 6.45) is 8.13. The second-order valence-corrected chi connectivity index (χ2v) is 5.55. The zero-order valence-electron chi connectivity index (χ0n) is 10.2. The van der Waals surface area contributed by atoms with Crippen LogP contribution in [0.4, 0.5) is 0 Å². The molecule has 0 saturated heterocycles. The summed E-state index contributed by atoms with van der Waals surface area (Å²) in [6, 6.07) is 0. The summed E-state index contributed by atoms with van der Waals surface area (Å²) in [5.74, 6) is 0.271. The molecular weight excluding hydrogens is 196 g/mol. The molecule has 2 bridgehead atoms. The number of hydrogen-bond acceptors (Lipinski definition) is 1. The van der Waals surface area contributed by atoms with Crippen LogP contribution in [0.2, 0.25) is 0 Å². The average molecular weight is 212 g/mol. The molecule has 0 heterocycles. The molecule has 0 aromatic heterocycles. The lowest BCUT2D eigenvalue weighted by atomic mass is 9.72. The molecule has 1 heteroatoms. The van der Waals surface area contributed by atoms with Gasteiger partial charge in [0, 0.05) is 11.0 Å². The highest BCUT2D eigenvalue weighted by molar-refractivity contribution is 6.13. The van der Waals surface area contributed by atoms with E-state index < -0.39 is 5.41 Å². The largest absolute Gasteiger partial charge is 0.292 e. The van der Waals surface area contributed by atoms with Crippen LogP contribution in [0.25, 0.3) is 0 Å². The topological polar surface area (TPSA) is 17.1 Å². The standard InChI is InChI=1S/C15H16O/c1-9-10(2)15-7-5-6-11(13(15)16)8-12(15)14(9,3)4/h5-8H,1-4H3. The molecule has 0 radical (unpaired) electrons. The van der Waals surface area contributed by atoms with Crippen molar-refractivity contribution in [2.45, 2.75) is 27.7 Å². The molecule has 0 fully saturated rings. The van der Waals surface area contributed by atoms with Crippen molar-refractivity contribution in [3.63, 3.8) is 0 Å². The number of allylic oxidation sites excluding steroid dienone is 8. The minimum absolute atomic E-state index is 0.0179. The van der Waals surface area contributed by atoms with Crippen LogP contribution in [-0.2, 0) is 4.79 Å². The summed E-state index contributed by atoms with van der Waals surface area (Å²) in [5, 5.41) is 0. The minimum Gasteiger partial charge on any atom is -0.292 e. The fraction of sp³-hybridized carbons (Fsp3) is 0.400. The van der Waals surface area contributed by atoms with Crippen molar-refractivity contribution in [3.8, 4) is 0 Å². The van der Waals surface area contributed by atoms with Crippen molar-refractivity contribution in [2.75, 3.05) is 0 Å². The highest BCUT2D eigenvalue weighted by atomic mass is 16.1. The number of hydrogen-bond donors (Lipinski definition) is 0. The van der Waals surface area contributed by atoms with Gasteiger partial charge < -0.3 is 0 Å². The van der Waals surface area contributed by atoms with E-state index in [1.807, 2.05) is 12.2 Å². The van der Waals surface area contributed by atoms with E-state index in [4.69, 9.17) is 0 Å². The molecule has 82 valence electrons. The van der Waals surface area contributed by atoms with Crippen LogP contribution in [0.1, 0.15) is 27.7 Å². The predicted molar refractivity (Wildman–Crippen MR) is 64.9 cm³/mol. The fourth-order valence-corrected chi connectivity index (χ4v) is 3.41. The maximum absolute atomic E-state index is 12.4. The van der Waals surface area contributed by atoms with Crippen LogP contribution in [0, 0.1) is 10.8 Å². The second-order valence-electron chi connectivity index (χ2n) is 5.55. The van der Waals surface area contributed by atoms with Gasteiger partial charge in [0.2, 0.25) is 0 Å². The normalized spacial score (nSPS) is 34.1. The maximum Gasteiger partial charge on any atom is 0.180 e. The third-order valence-corrected chi connectivity index (χ3v) is 4.73. The molecule has 1 unspecified atom stereocenters. The highest BCUT2D eigenvalue weighted by Crippen LogP contribution is 2.62. The maximum atomic E-state index is 12.4. The molecule has 1 atom stereocenters. The van der Waals surface area contributed by atoms with Crippen molar-refractivity contribution in [1.29, 1.82) is 0 Å². The summed E-state index contributed by atoms with van der Waals surface area (Å²) in [4.78, 5) is 12.4. The van der Waals surface area contributed by atoms with Crippen LogP contribution in [0.5, 0.6) is 0 Å². The lowest BCUT2D eigenvalue weighted by molar-refractivity contribution is -0.118. The Morgan fingerprint density at radius 3 is 2.50 bits per heavy atom. The van der Waals surface area contributed by atoms with Gasteiger partial charge in [0.1, 0.15) is 0 Å². The van der Waals surface area contributed by atoms with E-state index in [0.29, 0.717) is 0 Å². The third kappa shape index (κ3) is 0.753. The highest BCUT2D eigenvalue weighted by Gasteiger charge is 2.57. The molecule has 16 heavy (non-hydrogen) atoms. The van der Waals surface area contributed by atoms with Gasteiger partial charge >= 0.3 is 0 Å². The average Bonchev–Trinajstić information content (AvgIpc) is 2.52. The van der Waals surface area contributed by atoms with Gasteiger partial charge in [0.05, 0.1) is 5.41 Å². The quantitative estimate of drug-likeness (QED) is 0.563. The number of ketones is 1. The van der Waals surface area contributed by atoms with E-state index in [2.05, 4.69) is 39.8 Å². The Morgan fingerprint density at radius 1 is 1.12 bits per heavy atom. The first-order chi connectivity index (χ1) is 7.42. The zero-order chi connectivity index (χ0) is 11.7. The van der Waals surface area contributed by atoms with Gasteiger partial charge in [-0.3, -0.25) is 4.79 Å². The first-order valence-electron chi connectivity index (χ1n) is 5.78. The van der Waals surface area contributed by atoms with Crippen LogP contribution < -0.4 is 0 Å². The lowest BCUT2D eigenvalue weighted by Gasteiger charge is -2.29. The SMILES string of the molecule is CC1=C(C)C23C=CC=C(C=C2C1(C)C)C3=O. The van der Waals surface area contributed by atoms with Gasteiger partial charge in [-0.2, -0.15) is 0 Å². The van der Waals surface area contributed by atoms with Crippen molar-refractivity contribution in [3.05, 3.63) is 46.6 Å². The molecule has 0 N–H and O–H groups in total. The number of fused-ring (bicyclic) bond motifs is 1. The molecule has 0 saturated carbocycles. The predicted octanol–water partition coefficient (Wildman–Crippen LogP) is 3.35.